The predicted octanol–water partition coefficient (Wildman–Crippen LogP) is 3.15. The third-order valence-electron chi connectivity index (χ3n) is 5.34. The summed E-state index contributed by atoms with van der Waals surface area (Å²) in [6.45, 7) is 12.0. The molecule has 1 atom stereocenters. The fourth-order valence-corrected chi connectivity index (χ4v) is 3.69. The molecule has 1 N–H and O–H groups in total. The molecule has 0 saturated carbocycles. The van der Waals surface area contributed by atoms with Crippen molar-refractivity contribution in [1.29, 1.82) is 0 Å². The number of anilines is 2. The van der Waals surface area contributed by atoms with Crippen LogP contribution < -0.4 is 15.0 Å². The van der Waals surface area contributed by atoms with Gasteiger partial charge in [0.15, 0.2) is 8.32 Å². The van der Waals surface area contributed by atoms with Gasteiger partial charge in [-0.05, 0) is 30.3 Å². The molecule has 1 saturated heterocycles. The Morgan fingerprint density at radius 1 is 1.33 bits per heavy atom. The van der Waals surface area contributed by atoms with Gasteiger partial charge in [0.2, 0.25) is 5.88 Å². The van der Waals surface area contributed by atoms with Crippen molar-refractivity contribution in [2.24, 2.45) is 0 Å². The molecule has 8 nitrogen and oxygen atoms in total. The van der Waals surface area contributed by atoms with Crippen molar-refractivity contribution in [2.75, 3.05) is 29.9 Å². The first-order chi connectivity index (χ1) is 12.6. The first kappa shape index (κ1) is 19.6. The van der Waals surface area contributed by atoms with Crippen molar-refractivity contribution in [3.8, 4) is 5.88 Å². The zero-order chi connectivity index (χ0) is 19.8. The minimum absolute atomic E-state index is 0.107. The second-order valence-electron chi connectivity index (χ2n) is 8.36. The number of nitrogens with one attached hydrogen (secondary N) is 1. The molecule has 0 spiro atoms. The van der Waals surface area contributed by atoms with Gasteiger partial charge in [-0.25, -0.2) is 9.59 Å². The molecule has 0 aliphatic carbocycles. The van der Waals surface area contributed by atoms with Crippen LogP contribution in [0.1, 0.15) is 27.2 Å². The molecule has 3 rings (SSSR count). The Bertz CT molecular complexity index is 747. The van der Waals surface area contributed by atoms with E-state index < -0.39 is 20.4 Å². The Hall–Kier alpha value is -2.13. The minimum atomic E-state index is -1.82. The Labute approximate surface area is 160 Å². The molecule has 0 radical (unpaired) electrons. The number of rotatable bonds is 5. The highest BCUT2D eigenvalue weighted by Crippen LogP contribution is 2.37. The number of cyclic esters (lactones) is 1. The van der Waals surface area contributed by atoms with E-state index in [2.05, 4.69) is 44.2 Å². The Morgan fingerprint density at radius 3 is 2.78 bits per heavy atom. The zero-order valence-corrected chi connectivity index (χ0v) is 17.5. The van der Waals surface area contributed by atoms with Gasteiger partial charge in [0.05, 0.1) is 12.2 Å². The summed E-state index contributed by atoms with van der Waals surface area (Å²) in [7, 11) is -1.82. The maximum Gasteiger partial charge on any atom is 0.415 e. The van der Waals surface area contributed by atoms with Crippen molar-refractivity contribution in [3.63, 3.8) is 0 Å². The van der Waals surface area contributed by atoms with Crippen LogP contribution in [0.3, 0.4) is 0 Å². The quantitative estimate of drug-likeness (QED) is 0.607. The van der Waals surface area contributed by atoms with Gasteiger partial charge in [0.1, 0.15) is 18.5 Å². The molecule has 0 bridgehead atoms. The van der Waals surface area contributed by atoms with Crippen LogP contribution in [0.4, 0.5) is 16.3 Å². The van der Waals surface area contributed by atoms with E-state index in [1.807, 2.05) is 0 Å². The summed E-state index contributed by atoms with van der Waals surface area (Å²) in [6, 6.07) is 3.45. The van der Waals surface area contributed by atoms with Gasteiger partial charge in [0.25, 0.3) is 0 Å². The number of carbonyl (C=O) groups excluding carboxylic acids is 2. The fourth-order valence-electron chi connectivity index (χ4n) is 2.63. The normalized spacial score (nSPS) is 20.0. The third kappa shape index (κ3) is 4.24. The average molecular weight is 394 g/mol. The van der Waals surface area contributed by atoms with Crippen LogP contribution in [0, 0.1) is 0 Å². The van der Waals surface area contributed by atoms with Crippen molar-refractivity contribution >= 4 is 31.9 Å². The van der Waals surface area contributed by atoms with Gasteiger partial charge >= 0.3 is 12.1 Å². The number of carbonyl (C=O) groups is 2. The molecule has 1 aromatic rings. The van der Waals surface area contributed by atoms with Crippen LogP contribution >= 0.6 is 0 Å². The number of esters is 1. The van der Waals surface area contributed by atoms with E-state index in [9.17, 15) is 9.59 Å². The van der Waals surface area contributed by atoms with E-state index in [4.69, 9.17) is 13.9 Å². The van der Waals surface area contributed by atoms with Crippen LogP contribution in [0.15, 0.2) is 12.1 Å². The second-order valence-corrected chi connectivity index (χ2v) is 13.2. The van der Waals surface area contributed by atoms with E-state index in [1.165, 1.54) is 4.90 Å². The van der Waals surface area contributed by atoms with E-state index >= 15 is 0 Å². The first-order valence-corrected chi connectivity index (χ1v) is 12.1. The smallest absolute Gasteiger partial charge is 0.415 e. The highest BCUT2D eigenvalue weighted by Gasteiger charge is 2.38. The Balaban J connectivity index is 1.60. The zero-order valence-electron chi connectivity index (χ0n) is 16.5. The average Bonchev–Trinajstić information content (AvgIpc) is 2.93. The molecule has 1 fully saturated rings. The van der Waals surface area contributed by atoms with E-state index in [-0.39, 0.29) is 23.6 Å². The highest BCUT2D eigenvalue weighted by atomic mass is 28.4. The largest absolute Gasteiger partial charge is 0.444 e. The molecule has 3 heterocycles. The van der Waals surface area contributed by atoms with Crippen molar-refractivity contribution in [3.05, 3.63) is 12.1 Å². The summed E-state index contributed by atoms with van der Waals surface area (Å²) in [4.78, 5) is 29.4. The minimum Gasteiger partial charge on any atom is -0.444 e. The summed E-state index contributed by atoms with van der Waals surface area (Å²) in [5.74, 6) is 0.182. The number of ether oxygens (including phenoxy) is 2. The van der Waals surface area contributed by atoms with Gasteiger partial charge in [-0.3, -0.25) is 4.90 Å². The monoisotopic (exact) mass is 393 g/mol. The lowest BCUT2D eigenvalue weighted by molar-refractivity contribution is -0.133. The number of fused-ring (bicyclic) bond motifs is 1. The number of hydrogen-bond acceptors (Lipinski definition) is 7. The topological polar surface area (TPSA) is 90.0 Å². The van der Waals surface area contributed by atoms with Gasteiger partial charge in [0, 0.05) is 13.0 Å². The summed E-state index contributed by atoms with van der Waals surface area (Å²) in [5.41, 5.74) is 0.630. The lowest BCUT2D eigenvalue weighted by Gasteiger charge is -2.36. The molecule has 0 aromatic carbocycles. The number of pyridine rings is 1. The number of nitrogens with zero attached hydrogens (tertiary/aromatic N) is 2. The second kappa shape index (κ2) is 7.12. The van der Waals surface area contributed by atoms with Gasteiger partial charge in [-0.15, -0.1) is 0 Å². The van der Waals surface area contributed by atoms with E-state index in [0.717, 1.165) is 0 Å². The van der Waals surface area contributed by atoms with Crippen LogP contribution in [-0.4, -0.2) is 51.2 Å². The molecular formula is C18H27N3O5Si. The van der Waals surface area contributed by atoms with Gasteiger partial charge < -0.3 is 19.2 Å². The standard InChI is InChI=1S/C18H27N3O5Si/c1-18(2,3)27(4,5)24-9-8-12-11-21(17(23)25-12)14-7-6-13-16(20-14)26-15(22)10-19-13/h6-7,12,19H,8-11H2,1-5H3. The molecule has 2 aliphatic rings. The number of amides is 1. The van der Waals surface area contributed by atoms with Crippen LogP contribution in [-0.2, 0) is 14.0 Å². The SMILES string of the molecule is CC(C)(C)[Si](C)(C)OCCC1CN(c2ccc3c(n2)OC(=O)CN3)C(=O)O1. The van der Waals surface area contributed by atoms with E-state index in [1.54, 1.807) is 12.1 Å². The molecular weight excluding hydrogens is 366 g/mol. The molecule has 27 heavy (non-hydrogen) atoms. The molecule has 1 aromatic heterocycles. The van der Waals surface area contributed by atoms with Crippen LogP contribution in [0.25, 0.3) is 0 Å². The van der Waals surface area contributed by atoms with Crippen molar-refractivity contribution in [1.82, 2.24) is 4.98 Å². The van der Waals surface area contributed by atoms with Crippen LogP contribution in [0.5, 0.6) is 5.88 Å². The summed E-state index contributed by atoms with van der Waals surface area (Å²) in [5, 5.41) is 3.06. The van der Waals surface area contributed by atoms with Crippen LogP contribution in [0.2, 0.25) is 18.1 Å². The highest BCUT2D eigenvalue weighted by molar-refractivity contribution is 6.74. The lowest BCUT2D eigenvalue weighted by Crippen LogP contribution is -2.41. The van der Waals surface area contributed by atoms with Gasteiger partial charge in [-0.1, -0.05) is 20.8 Å². The summed E-state index contributed by atoms with van der Waals surface area (Å²) < 4.78 is 16.7. The van der Waals surface area contributed by atoms with Crippen molar-refractivity contribution < 1.29 is 23.5 Å². The fraction of sp³-hybridized carbons (Fsp3) is 0.611. The molecule has 9 heteroatoms. The molecule has 1 amide bonds. The maximum absolute atomic E-state index is 12.2. The molecule has 2 aliphatic heterocycles. The first-order valence-electron chi connectivity index (χ1n) is 9.14. The summed E-state index contributed by atoms with van der Waals surface area (Å²) >= 11 is 0. The lowest BCUT2D eigenvalue weighted by atomic mass is 10.2. The van der Waals surface area contributed by atoms with Gasteiger partial charge in [-0.2, -0.15) is 4.98 Å². The molecule has 148 valence electrons. The molecule has 1 unspecified atom stereocenters. The predicted molar refractivity (Wildman–Crippen MR) is 104 cm³/mol. The van der Waals surface area contributed by atoms with E-state index in [0.29, 0.717) is 31.1 Å². The Morgan fingerprint density at radius 2 is 2.07 bits per heavy atom. The van der Waals surface area contributed by atoms with Crippen molar-refractivity contribution in [2.45, 2.75) is 51.4 Å². The summed E-state index contributed by atoms with van der Waals surface area (Å²) in [6.07, 6.45) is -0.0633. The third-order valence-corrected chi connectivity index (χ3v) is 9.88. The number of hydrogen-bond donors (Lipinski definition) is 1. The number of aromatic nitrogens is 1. The maximum atomic E-state index is 12.2. The Kier molecular flexibility index (Phi) is 5.17.